The zero-order chi connectivity index (χ0) is 13.8. The molecule has 1 aromatic rings. The molecule has 2 aliphatic rings. The monoisotopic (exact) mass is 273 g/mol. The Kier molecular flexibility index (Phi) is 4.26. The number of nitrogens with one attached hydrogen (secondary N) is 1. The van der Waals surface area contributed by atoms with E-state index in [9.17, 15) is 0 Å². The van der Waals surface area contributed by atoms with Crippen LogP contribution in [0.2, 0.25) is 0 Å². The highest BCUT2D eigenvalue weighted by Crippen LogP contribution is 2.31. The molecule has 108 valence electrons. The summed E-state index contributed by atoms with van der Waals surface area (Å²) in [7, 11) is 0. The van der Waals surface area contributed by atoms with E-state index in [4.69, 9.17) is 9.47 Å². The molecule has 2 unspecified atom stereocenters. The smallest absolute Gasteiger partial charge is 0.161 e. The second-order valence-corrected chi connectivity index (χ2v) is 5.62. The lowest BCUT2D eigenvalue weighted by Gasteiger charge is -2.27. The van der Waals surface area contributed by atoms with Gasteiger partial charge in [0.05, 0.1) is 0 Å². The maximum absolute atomic E-state index is 5.62. The van der Waals surface area contributed by atoms with Crippen LogP contribution in [-0.2, 0) is 0 Å². The summed E-state index contributed by atoms with van der Waals surface area (Å²) >= 11 is 0. The van der Waals surface area contributed by atoms with E-state index in [1.54, 1.807) is 0 Å². The Morgan fingerprint density at radius 1 is 1.25 bits per heavy atom. The predicted molar refractivity (Wildman–Crippen MR) is 81.3 cm³/mol. The van der Waals surface area contributed by atoms with Crippen molar-refractivity contribution in [3.8, 4) is 11.5 Å². The van der Waals surface area contributed by atoms with Crippen molar-refractivity contribution in [3.05, 3.63) is 29.8 Å². The van der Waals surface area contributed by atoms with Crippen LogP contribution in [0.3, 0.4) is 0 Å². The van der Waals surface area contributed by atoms with Gasteiger partial charge in [-0.05, 0) is 43.0 Å². The number of benzene rings is 1. The molecule has 1 saturated heterocycles. The van der Waals surface area contributed by atoms with Gasteiger partial charge >= 0.3 is 0 Å². The van der Waals surface area contributed by atoms with Gasteiger partial charge in [-0.15, -0.1) is 0 Å². The van der Waals surface area contributed by atoms with E-state index in [1.165, 1.54) is 24.8 Å². The maximum Gasteiger partial charge on any atom is 0.161 e. The van der Waals surface area contributed by atoms with E-state index >= 15 is 0 Å². The van der Waals surface area contributed by atoms with E-state index < -0.39 is 0 Å². The third-order valence-corrected chi connectivity index (χ3v) is 4.21. The minimum atomic E-state index is 0.502. The van der Waals surface area contributed by atoms with Gasteiger partial charge in [0, 0.05) is 6.04 Å². The third kappa shape index (κ3) is 3.15. The standard InChI is InChI=1S/C17H23NO2/c1-2-13-7-8-18-15(11-13)5-3-14-4-6-16-17(12-14)20-10-9-19-16/h3-6,12-13,15,18H,2,7-11H2,1H3/b5-3+. The molecule has 0 spiro atoms. The Morgan fingerprint density at radius 3 is 2.95 bits per heavy atom. The first-order chi connectivity index (χ1) is 9.85. The summed E-state index contributed by atoms with van der Waals surface area (Å²) in [6.45, 7) is 4.71. The number of rotatable bonds is 3. The molecule has 0 saturated carbocycles. The minimum absolute atomic E-state index is 0.502. The van der Waals surface area contributed by atoms with Gasteiger partial charge in [0.15, 0.2) is 11.5 Å². The molecule has 0 aromatic heterocycles. The highest BCUT2D eigenvalue weighted by atomic mass is 16.6. The lowest BCUT2D eigenvalue weighted by molar-refractivity contribution is 0.171. The van der Waals surface area contributed by atoms with Crippen molar-refractivity contribution in [1.82, 2.24) is 5.32 Å². The Labute approximate surface area is 121 Å². The Hall–Kier alpha value is -1.48. The van der Waals surface area contributed by atoms with E-state index in [0.29, 0.717) is 19.3 Å². The second-order valence-electron chi connectivity index (χ2n) is 5.62. The SMILES string of the molecule is CCC1CCNC(/C=C/c2ccc3c(c2)OCCO3)C1. The molecule has 1 N–H and O–H groups in total. The number of fused-ring (bicyclic) bond motifs is 1. The van der Waals surface area contributed by atoms with E-state index in [-0.39, 0.29) is 0 Å². The Bertz CT molecular complexity index is 484. The van der Waals surface area contributed by atoms with Gasteiger partial charge in [0.25, 0.3) is 0 Å². The summed E-state index contributed by atoms with van der Waals surface area (Å²) in [5.41, 5.74) is 1.18. The first-order valence-electron chi connectivity index (χ1n) is 7.66. The molecule has 0 amide bonds. The first-order valence-corrected chi connectivity index (χ1v) is 7.66. The fourth-order valence-corrected chi connectivity index (χ4v) is 2.94. The van der Waals surface area contributed by atoms with Crippen molar-refractivity contribution in [2.45, 2.75) is 32.2 Å². The van der Waals surface area contributed by atoms with Crippen LogP contribution in [0.25, 0.3) is 6.08 Å². The zero-order valence-corrected chi connectivity index (χ0v) is 12.1. The van der Waals surface area contributed by atoms with Crippen LogP contribution in [0.5, 0.6) is 11.5 Å². The van der Waals surface area contributed by atoms with Gasteiger partial charge in [-0.25, -0.2) is 0 Å². The van der Waals surface area contributed by atoms with Crippen LogP contribution >= 0.6 is 0 Å². The largest absolute Gasteiger partial charge is 0.486 e. The predicted octanol–water partition coefficient (Wildman–Crippen LogP) is 3.25. The average Bonchev–Trinajstić information content (AvgIpc) is 2.53. The molecule has 2 aliphatic heterocycles. The molecule has 3 rings (SSSR count). The van der Waals surface area contributed by atoms with Crippen LogP contribution < -0.4 is 14.8 Å². The molecule has 3 heteroatoms. The summed E-state index contributed by atoms with van der Waals surface area (Å²) in [5.74, 6) is 2.59. The molecule has 2 atom stereocenters. The minimum Gasteiger partial charge on any atom is -0.486 e. The first kappa shape index (κ1) is 13.5. The Morgan fingerprint density at radius 2 is 2.10 bits per heavy atom. The molecule has 1 aromatic carbocycles. The molecule has 1 fully saturated rings. The highest BCUT2D eigenvalue weighted by Gasteiger charge is 2.17. The van der Waals surface area contributed by atoms with E-state index in [2.05, 4.69) is 36.5 Å². The number of ether oxygens (including phenoxy) is 2. The van der Waals surface area contributed by atoms with Crippen molar-refractivity contribution < 1.29 is 9.47 Å². The van der Waals surface area contributed by atoms with Crippen LogP contribution in [0.1, 0.15) is 31.7 Å². The molecule has 3 nitrogen and oxygen atoms in total. The molecule has 2 heterocycles. The summed E-state index contributed by atoms with van der Waals surface area (Å²) in [4.78, 5) is 0. The normalized spacial score (nSPS) is 25.9. The summed E-state index contributed by atoms with van der Waals surface area (Å²) in [5, 5.41) is 3.57. The van der Waals surface area contributed by atoms with E-state index in [1.807, 2.05) is 6.07 Å². The quantitative estimate of drug-likeness (QED) is 0.917. The van der Waals surface area contributed by atoms with Crippen molar-refractivity contribution in [1.29, 1.82) is 0 Å². The fraction of sp³-hybridized carbons (Fsp3) is 0.529. The molecular formula is C17H23NO2. The number of hydrogen-bond donors (Lipinski definition) is 1. The van der Waals surface area contributed by atoms with Gasteiger partial charge in [0.2, 0.25) is 0 Å². The molecular weight excluding hydrogens is 250 g/mol. The number of hydrogen-bond acceptors (Lipinski definition) is 3. The molecule has 0 radical (unpaired) electrons. The van der Waals surface area contributed by atoms with Crippen LogP contribution in [-0.4, -0.2) is 25.8 Å². The van der Waals surface area contributed by atoms with Crippen molar-refractivity contribution in [2.75, 3.05) is 19.8 Å². The van der Waals surface area contributed by atoms with Crippen LogP contribution in [0.4, 0.5) is 0 Å². The second kappa shape index (κ2) is 6.31. The highest BCUT2D eigenvalue weighted by molar-refractivity contribution is 5.56. The van der Waals surface area contributed by atoms with E-state index in [0.717, 1.165) is 24.0 Å². The summed E-state index contributed by atoms with van der Waals surface area (Å²) in [6, 6.07) is 6.65. The topological polar surface area (TPSA) is 30.5 Å². The van der Waals surface area contributed by atoms with Crippen molar-refractivity contribution in [2.24, 2.45) is 5.92 Å². The third-order valence-electron chi connectivity index (χ3n) is 4.21. The average molecular weight is 273 g/mol. The Balaban J connectivity index is 1.66. The van der Waals surface area contributed by atoms with Crippen LogP contribution in [0.15, 0.2) is 24.3 Å². The van der Waals surface area contributed by atoms with Gasteiger partial charge in [0.1, 0.15) is 13.2 Å². The summed E-state index contributed by atoms with van der Waals surface area (Å²) < 4.78 is 11.2. The van der Waals surface area contributed by atoms with Gasteiger partial charge in [-0.1, -0.05) is 31.6 Å². The lowest BCUT2D eigenvalue weighted by atomic mass is 9.90. The van der Waals surface area contributed by atoms with Crippen molar-refractivity contribution >= 4 is 6.08 Å². The fourth-order valence-electron chi connectivity index (χ4n) is 2.94. The maximum atomic E-state index is 5.62. The lowest BCUT2D eigenvalue weighted by Crippen LogP contribution is -2.36. The van der Waals surface area contributed by atoms with Crippen molar-refractivity contribution in [3.63, 3.8) is 0 Å². The molecule has 0 bridgehead atoms. The van der Waals surface area contributed by atoms with Gasteiger partial charge in [-0.3, -0.25) is 0 Å². The molecule has 20 heavy (non-hydrogen) atoms. The summed E-state index contributed by atoms with van der Waals surface area (Å²) in [6.07, 6.45) is 8.32. The van der Waals surface area contributed by atoms with Crippen LogP contribution in [0, 0.1) is 5.92 Å². The molecule has 0 aliphatic carbocycles. The number of piperidine rings is 1. The van der Waals surface area contributed by atoms with Gasteiger partial charge in [-0.2, -0.15) is 0 Å². The van der Waals surface area contributed by atoms with Gasteiger partial charge < -0.3 is 14.8 Å². The zero-order valence-electron chi connectivity index (χ0n) is 12.1.